The summed E-state index contributed by atoms with van der Waals surface area (Å²) in [4.78, 5) is 28.9. The number of unbranched alkanes of at least 4 members (excludes halogenated alkanes) is 1. The number of anilines is 1. The first-order valence-corrected chi connectivity index (χ1v) is 10.0. The quantitative estimate of drug-likeness (QED) is 0.787. The van der Waals surface area contributed by atoms with E-state index in [4.69, 9.17) is 0 Å². The number of nitrogens with zero attached hydrogens (tertiary/aromatic N) is 2. The van der Waals surface area contributed by atoms with Crippen molar-refractivity contribution in [1.29, 1.82) is 0 Å². The maximum atomic E-state index is 12.9. The minimum Gasteiger partial charge on any atom is -0.333 e. The van der Waals surface area contributed by atoms with Crippen LogP contribution >= 0.6 is 0 Å². The first kappa shape index (κ1) is 19.9. The van der Waals surface area contributed by atoms with Crippen LogP contribution in [-0.4, -0.2) is 36.0 Å². The minimum atomic E-state index is -0.166. The second kappa shape index (κ2) is 9.40. The predicted octanol–water partition coefficient (Wildman–Crippen LogP) is 4.11. The second-order valence-electron chi connectivity index (χ2n) is 7.45. The molecule has 0 aromatic heterocycles. The summed E-state index contributed by atoms with van der Waals surface area (Å²) in [5.74, 6) is 0.0531. The van der Waals surface area contributed by atoms with Gasteiger partial charge in [-0.3, -0.25) is 4.79 Å². The molecule has 1 aliphatic heterocycles. The summed E-state index contributed by atoms with van der Waals surface area (Å²) in [5.41, 5.74) is 3.16. The molecule has 0 bridgehead atoms. The fourth-order valence-corrected chi connectivity index (χ4v) is 3.45. The van der Waals surface area contributed by atoms with Crippen LogP contribution in [0.2, 0.25) is 0 Å². The van der Waals surface area contributed by atoms with Gasteiger partial charge in [0.15, 0.2) is 0 Å². The normalized spacial score (nSPS) is 16.3. The molecule has 5 heteroatoms. The van der Waals surface area contributed by atoms with Gasteiger partial charge in [-0.25, -0.2) is 4.79 Å². The Morgan fingerprint density at radius 3 is 2.54 bits per heavy atom. The average molecular weight is 380 g/mol. The Hall–Kier alpha value is -2.82. The van der Waals surface area contributed by atoms with Crippen LogP contribution in [0, 0.1) is 6.92 Å². The summed E-state index contributed by atoms with van der Waals surface area (Å²) in [7, 11) is 0. The molecule has 1 atom stereocenters. The lowest BCUT2D eigenvalue weighted by Crippen LogP contribution is -2.45. The van der Waals surface area contributed by atoms with E-state index in [1.807, 2.05) is 66.4 Å². The van der Waals surface area contributed by atoms with Crippen molar-refractivity contribution < 1.29 is 9.59 Å². The van der Waals surface area contributed by atoms with Crippen LogP contribution in [0.4, 0.5) is 10.5 Å². The third-order valence-corrected chi connectivity index (χ3v) is 5.08. The lowest BCUT2D eigenvalue weighted by atomic mass is 10.2. The lowest BCUT2D eigenvalue weighted by molar-refractivity contribution is -0.117. The molecule has 1 fully saturated rings. The molecular formula is C23H29N3O2. The van der Waals surface area contributed by atoms with Gasteiger partial charge in [0.2, 0.25) is 5.91 Å². The van der Waals surface area contributed by atoms with E-state index < -0.39 is 0 Å². The molecule has 2 aromatic carbocycles. The molecule has 1 saturated heterocycles. The number of hydrogen-bond acceptors (Lipinski definition) is 2. The van der Waals surface area contributed by atoms with Crippen LogP contribution in [0.1, 0.15) is 37.3 Å². The van der Waals surface area contributed by atoms with Gasteiger partial charge in [0.25, 0.3) is 0 Å². The number of aryl methyl sites for hydroxylation is 1. The van der Waals surface area contributed by atoms with Crippen LogP contribution in [0.15, 0.2) is 54.6 Å². The molecular weight excluding hydrogens is 350 g/mol. The molecule has 0 radical (unpaired) electrons. The summed E-state index contributed by atoms with van der Waals surface area (Å²) in [6.07, 6.45) is 2.33. The molecule has 3 amide bonds. The van der Waals surface area contributed by atoms with Crippen LogP contribution in [0.5, 0.6) is 0 Å². The van der Waals surface area contributed by atoms with Gasteiger partial charge in [0, 0.05) is 31.7 Å². The van der Waals surface area contributed by atoms with Gasteiger partial charge in [-0.15, -0.1) is 0 Å². The van der Waals surface area contributed by atoms with E-state index in [0.29, 0.717) is 26.1 Å². The fraction of sp³-hybridized carbons (Fsp3) is 0.391. The second-order valence-corrected chi connectivity index (χ2v) is 7.45. The van der Waals surface area contributed by atoms with Gasteiger partial charge < -0.3 is 15.1 Å². The molecule has 1 N–H and O–H groups in total. The van der Waals surface area contributed by atoms with Crippen LogP contribution in [0.25, 0.3) is 0 Å². The van der Waals surface area contributed by atoms with Crippen molar-refractivity contribution in [3.63, 3.8) is 0 Å². The van der Waals surface area contributed by atoms with E-state index in [1.165, 1.54) is 0 Å². The maximum Gasteiger partial charge on any atom is 0.317 e. The third kappa shape index (κ3) is 5.12. The number of rotatable bonds is 7. The zero-order valence-corrected chi connectivity index (χ0v) is 16.7. The largest absolute Gasteiger partial charge is 0.333 e. The van der Waals surface area contributed by atoms with Crippen molar-refractivity contribution in [2.45, 2.75) is 45.7 Å². The Labute approximate surface area is 167 Å². The average Bonchev–Trinajstić information content (AvgIpc) is 3.06. The van der Waals surface area contributed by atoms with E-state index in [-0.39, 0.29) is 18.0 Å². The molecule has 0 spiro atoms. The molecule has 28 heavy (non-hydrogen) atoms. The first-order chi connectivity index (χ1) is 13.6. The summed E-state index contributed by atoms with van der Waals surface area (Å²) in [5, 5.41) is 3.07. The lowest BCUT2D eigenvalue weighted by Gasteiger charge is -2.25. The van der Waals surface area contributed by atoms with E-state index in [1.54, 1.807) is 4.90 Å². The van der Waals surface area contributed by atoms with E-state index in [9.17, 15) is 9.59 Å². The highest BCUT2D eigenvalue weighted by Crippen LogP contribution is 2.22. The van der Waals surface area contributed by atoms with Crippen LogP contribution < -0.4 is 10.2 Å². The molecule has 1 heterocycles. The van der Waals surface area contributed by atoms with Crippen molar-refractivity contribution in [3.05, 3.63) is 65.7 Å². The van der Waals surface area contributed by atoms with Crippen molar-refractivity contribution in [1.82, 2.24) is 10.2 Å². The smallest absolute Gasteiger partial charge is 0.317 e. The Morgan fingerprint density at radius 1 is 1.14 bits per heavy atom. The Balaban J connectivity index is 1.62. The molecule has 5 nitrogen and oxygen atoms in total. The number of carbonyl (C=O) groups excluding carboxylic acids is 2. The fourth-order valence-electron chi connectivity index (χ4n) is 3.45. The highest BCUT2D eigenvalue weighted by molar-refractivity contribution is 5.96. The maximum absolute atomic E-state index is 12.9. The van der Waals surface area contributed by atoms with Gasteiger partial charge >= 0.3 is 6.03 Å². The number of hydrogen-bond donors (Lipinski definition) is 1. The highest BCUT2D eigenvalue weighted by Gasteiger charge is 2.32. The Morgan fingerprint density at radius 2 is 1.86 bits per heavy atom. The highest BCUT2D eigenvalue weighted by atomic mass is 16.2. The molecule has 1 aliphatic rings. The standard InChI is InChI=1S/C23H29N3O2/c1-3-4-14-25(16-19-8-6-5-7-9-19)23(28)24-20-15-22(27)26(17-20)21-12-10-18(2)11-13-21/h5-13,20H,3-4,14-17H2,1-2H3,(H,24,28)/t20-/m1/s1. The molecule has 0 aliphatic carbocycles. The monoisotopic (exact) mass is 379 g/mol. The number of carbonyl (C=O) groups is 2. The summed E-state index contributed by atoms with van der Waals surface area (Å²) in [6.45, 7) is 5.94. The van der Waals surface area contributed by atoms with Crippen molar-refractivity contribution in [3.8, 4) is 0 Å². The summed E-state index contributed by atoms with van der Waals surface area (Å²) in [6, 6.07) is 17.7. The third-order valence-electron chi connectivity index (χ3n) is 5.08. The van der Waals surface area contributed by atoms with Crippen molar-refractivity contribution in [2.75, 3.05) is 18.0 Å². The van der Waals surface area contributed by atoms with Crippen LogP contribution in [-0.2, 0) is 11.3 Å². The van der Waals surface area contributed by atoms with E-state index >= 15 is 0 Å². The van der Waals surface area contributed by atoms with Crippen LogP contribution in [0.3, 0.4) is 0 Å². The SMILES string of the molecule is CCCCN(Cc1ccccc1)C(=O)N[C@@H]1CC(=O)N(c2ccc(C)cc2)C1. The zero-order chi connectivity index (χ0) is 19.9. The van der Waals surface area contributed by atoms with Gasteiger partial charge in [0.05, 0.1) is 6.04 Å². The number of benzene rings is 2. The minimum absolute atomic E-state index is 0.0531. The molecule has 0 saturated carbocycles. The number of amides is 3. The number of urea groups is 1. The summed E-state index contributed by atoms with van der Waals surface area (Å²) < 4.78 is 0. The Bertz CT molecular complexity index is 789. The molecule has 3 rings (SSSR count). The predicted molar refractivity (Wildman–Crippen MR) is 112 cm³/mol. The van der Waals surface area contributed by atoms with Gasteiger partial charge in [0.1, 0.15) is 0 Å². The zero-order valence-electron chi connectivity index (χ0n) is 16.7. The first-order valence-electron chi connectivity index (χ1n) is 10.0. The summed E-state index contributed by atoms with van der Waals surface area (Å²) >= 11 is 0. The van der Waals surface area contributed by atoms with E-state index in [2.05, 4.69) is 12.2 Å². The molecule has 148 valence electrons. The van der Waals surface area contributed by atoms with E-state index in [0.717, 1.165) is 29.7 Å². The Kier molecular flexibility index (Phi) is 6.69. The van der Waals surface area contributed by atoms with Gasteiger partial charge in [-0.2, -0.15) is 0 Å². The number of nitrogens with one attached hydrogen (secondary N) is 1. The molecule has 2 aromatic rings. The van der Waals surface area contributed by atoms with Crippen molar-refractivity contribution in [2.24, 2.45) is 0 Å². The van der Waals surface area contributed by atoms with Gasteiger partial charge in [-0.1, -0.05) is 61.4 Å². The van der Waals surface area contributed by atoms with Crippen molar-refractivity contribution >= 4 is 17.6 Å². The van der Waals surface area contributed by atoms with Gasteiger partial charge in [-0.05, 0) is 31.0 Å². The molecule has 0 unspecified atom stereocenters. The topological polar surface area (TPSA) is 52.7 Å².